The number of carbonyl (C=O) groups excluding carboxylic acids is 1. The van der Waals surface area contributed by atoms with E-state index in [0.29, 0.717) is 5.69 Å². The van der Waals surface area contributed by atoms with Gasteiger partial charge in [-0.1, -0.05) is 30.7 Å². The molecule has 0 aromatic heterocycles. The number of hydrogen-bond donors (Lipinski definition) is 2. The molecule has 0 unspecified atom stereocenters. The van der Waals surface area contributed by atoms with Crippen LogP contribution in [0.5, 0.6) is 0 Å². The molecule has 1 amide bonds. The third-order valence-corrected chi connectivity index (χ3v) is 5.26. The molecule has 1 aliphatic rings. The van der Waals surface area contributed by atoms with Crippen molar-refractivity contribution in [1.82, 2.24) is 0 Å². The largest absolute Gasteiger partial charge is 0.478 e. The zero-order valence-corrected chi connectivity index (χ0v) is 16.3. The number of allylic oxidation sites excluding steroid dienone is 1. The van der Waals surface area contributed by atoms with Crippen LogP contribution in [0.3, 0.4) is 0 Å². The Morgan fingerprint density at radius 1 is 0.897 bits per heavy atom. The van der Waals surface area contributed by atoms with E-state index in [1.54, 1.807) is 12.1 Å². The average molecular weight is 388 g/mol. The molecule has 0 spiro atoms. The first kappa shape index (κ1) is 20.3. The van der Waals surface area contributed by atoms with E-state index in [0.717, 1.165) is 61.6 Å². The van der Waals surface area contributed by atoms with E-state index in [1.165, 1.54) is 0 Å². The zero-order chi connectivity index (χ0) is 20.6. The number of anilines is 1. The molecular formula is C24H24N2O3. The number of nitrogens with zero attached hydrogens (tertiary/aromatic N) is 1. The van der Waals surface area contributed by atoms with Gasteiger partial charge in [0.15, 0.2) is 0 Å². The van der Waals surface area contributed by atoms with Gasteiger partial charge in [0.2, 0.25) is 0 Å². The SMILES string of the molecule is N#CC(C(=O)Nc1ccc(CCc2ccc(C(=O)O)cc2)cc1)=C1CCCCC1. The summed E-state index contributed by atoms with van der Waals surface area (Å²) in [5.41, 5.74) is 4.39. The van der Waals surface area contributed by atoms with E-state index in [4.69, 9.17) is 5.11 Å². The zero-order valence-electron chi connectivity index (χ0n) is 16.3. The summed E-state index contributed by atoms with van der Waals surface area (Å²) in [6.07, 6.45) is 6.54. The summed E-state index contributed by atoms with van der Waals surface area (Å²) in [6.45, 7) is 0. The number of rotatable bonds is 6. The van der Waals surface area contributed by atoms with Crippen LogP contribution in [0.1, 0.15) is 53.6 Å². The van der Waals surface area contributed by atoms with Crippen LogP contribution in [0, 0.1) is 11.3 Å². The maximum absolute atomic E-state index is 12.5. The van der Waals surface area contributed by atoms with Crippen molar-refractivity contribution in [3.63, 3.8) is 0 Å². The number of amides is 1. The smallest absolute Gasteiger partial charge is 0.335 e. The lowest BCUT2D eigenvalue weighted by molar-refractivity contribution is -0.112. The standard InChI is InChI=1S/C24H24N2O3/c25-16-22(19-4-2-1-3-5-19)23(27)26-21-14-10-18(11-15-21)7-6-17-8-12-20(13-9-17)24(28)29/h8-15H,1-7H2,(H,26,27)(H,28,29). The van der Waals surface area contributed by atoms with Gasteiger partial charge in [0, 0.05) is 5.69 Å². The van der Waals surface area contributed by atoms with Crippen LogP contribution < -0.4 is 5.32 Å². The fourth-order valence-corrected chi connectivity index (χ4v) is 3.57. The summed E-state index contributed by atoms with van der Waals surface area (Å²) >= 11 is 0. The van der Waals surface area contributed by atoms with Crippen molar-refractivity contribution in [3.05, 3.63) is 76.4 Å². The van der Waals surface area contributed by atoms with E-state index in [9.17, 15) is 14.9 Å². The first-order chi connectivity index (χ1) is 14.1. The molecule has 2 N–H and O–H groups in total. The van der Waals surface area contributed by atoms with Gasteiger partial charge in [-0.2, -0.15) is 5.26 Å². The number of nitriles is 1. The van der Waals surface area contributed by atoms with E-state index >= 15 is 0 Å². The Labute approximate surface area is 170 Å². The van der Waals surface area contributed by atoms with Gasteiger partial charge in [0.1, 0.15) is 11.6 Å². The third-order valence-electron chi connectivity index (χ3n) is 5.26. The van der Waals surface area contributed by atoms with Gasteiger partial charge in [-0.25, -0.2) is 4.79 Å². The Balaban J connectivity index is 1.57. The Morgan fingerprint density at radius 3 is 1.97 bits per heavy atom. The molecule has 0 heterocycles. The highest BCUT2D eigenvalue weighted by Gasteiger charge is 2.17. The van der Waals surface area contributed by atoms with Gasteiger partial charge >= 0.3 is 5.97 Å². The summed E-state index contributed by atoms with van der Waals surface area (Å²) < 4.78 is 0. The molecule has 0 aliphatic heterocycles. The summed E-state index contributed by atoms with van der Waals surface area (Å²) in [5.74, 6) is -1.25. The molecule has 0 saturated heterocycles. The number of carboxylic acid groups (broad SMARTS) is 1. The second-order valence-electron chi connectivity index (χ2n) is 7.30. The highest BCUT2D eigenvalue weighted by atomic mass is 16.4. The highest BCUT2D eigenvalue weighted by Crippen LogP contribution is 2.26. The van der Waals surface area contributed by atoms with Gasteiger partial charge < -0.3 is 10.4 Å². The lowest BCUT2D eigenvalue weighted by Crippen LogP contribution is -2.16. The first-order valence-electron chi connectivity index (χ1n) is 9.91. The van der Waals surface area contributed by atoms with Gasteiger partial charge in [0.25, 0.3) is 5.91 Å². The highest BCUT2D eigenvalue weighted by molar-refractivity contribution is 6.07. The van der Waals surface area contributed by atoms with E-state index in [2.05, 4.69) is 11.4 Å². The minimum Gasteiger partial charge on any atom is -0.478 e. The lowest BCUT2D eigenvalue weighted by Gasteiger charge is -2.15. The molecule has 0 atom stereocenters. The van der Waals surface area contributed by atoms with Crippen LogP contribution in [-0.2, 0) is 17.6 Å². The van der Waals surface area contributed by atoms with Crippen molar-refractivity contribution in [2.24, 2.45) is 0 Å². The predicted molar refractivity (Wildman–Crippen MR) is 112 cm³/mol. The molecular weight excluding hydrogens is 364 g/mol. The van der Waals surface area contributed by atoms with Crippen molar-refractivity contribution in [2.75, 3.05) is 5.32 Å². The number of carbonyl (C=O) groups is 2. The monoisotopic (exact) mass is 388 g/mol. The van der Waals surface area contributed by atoms with Crippen LogP contribution in [0.25, 0.3) is 0 Å². The minimum absolute atomic E-state index is 0.263. The quantitative estimate of drug-likeness (QED) is 0.544. The molecule has 5 heteroatoms. The molecule has 0 bridgehead atoms. The fourth-order valence-electron chi connectivity index (χ4n) is 3.57. The number of aryl methyl sites for hydroxylation is 2. The van der Waals surface area contributed by atoms with Crippen molar-refractivity contribution in [2.45, 2.75) is 44.9 Å². The third kappa shape index (κ3) is 5.55. The van der Waals surface area contributed by atoms with Crippen LogP contribution in [0.4, 0.5) is 5.69 Å². The Morgan fingerprint density at radius 2 is 1.45 bits per heavy atom. The molecule has 1 saturated carbocycles. The second-order valence-corrected chi connectivity index (χ2v) is 7.30. The van der Waals surface area contributed by atoms with Crippen molar-refractivity contribution >= 4 is 17.6 Å². The summed E-state index contributed by atoms with van der Waals surface area (Å²) in [5, 5.41) is 21.2. The van der Waals surface area contributed by atoms with Crippen LogP contribution >= 0.6 is 0 Å². The number of nitrogens with one attached hydrogen (secondary N) is 1. The van der Waals surface area contributed by atoms with E-state index < -0.39 is 5.97 Å². The number of aromatic carboxylic acids is 1. The van der Waals surface area contributed by atoms with E-state index in [1.807, 2.05) is 36.4 Å². The molecule has 1 fully saturated rings. The maximum Gasteiger partial charge on any atom is 0.335 e. The first-order valence-corrected chi connectivity index (χ1v) is 9.91. The minimum atomic E-state index is -0.923. The molecule has 0 radical (unpaired) electrons. The Kier molecular flexibility index (Phi) is 6.80. The van der Waals surface area contributed by atoms with Gasteiger partial charge in [-0.15, -0.1) is 0 Å². The second kappa shape index (κ2) is 9.70. The number of benzene rings is 2. The molecule has 1 aliphatic carbocycles. The van der Waals surface area contributed by atoms with Crippen molar-refractivity contribution in [3.8, 4) is 6.07 Å². The number of hydrogen-bond acceptors (Lipinski definition) is 3. The fraction of sp³-hybridized carbons (Fsp3) is 0.292. The van der Waals surface area contributed by atoms with E-state index in [-0.39, 0.29) is 17.0 Å². The summed E-state index contributed by atoms with van der Waals surface area (Å²) in [4.78, 5) is 23.4. The van der Waals surface area contributed by atoms with Gasteiger partial charge in [-0.3, -0.25) is 4.79 Å². The topological polar surface area (TPSA) is 90.2 Å². The van der Waals surface area contributed by atoms with Crippen LogP contribution in [0.2, 0.25) is 0 Å². The summed E-state index contributed by atoms with van der Waals surface area (Å²) in [6, 6.07) is 16.6. The molecule has 3 rings (SSSR count). The molecule has 2 aromatic carbocycles. The lowest BCUT2D eigenvalue weighted by atomic mass is 9.91. The van der Waals surface area contributed by atoms with Gasteiger partial charge in [0.05, 0.1) is 5.56 Å². The maximum atomic E-state index is 12.5. The molecule has 148 valence electrons. The van der Waals surface area contributed by atoms with Crippen LogP contribution in [-0.4, -0.2) is 17.0 Å². The van der Waals surface area contributed by atoms with Gasteiger partial charge in [-0.05, 0) is 79.5 Å². The summed E-state index contributed by atoms with van der Waals surface area (Å²) in [7, 11) is 0. The normalized spacial score (nSPS) is 13.4. The Hall–Kier alpha value is -3.39. The Bertz CT molecular complexity index is 943. The molecule has 5 nitrogen and oxygen atoms in total. The molecule has 2 aromatic rings. The average Bonchev–Trinajstić information content (AvgIpc) is 2.75. The van der Waals surface area contributed by atoms with Crippen LogP contribution in [0.15, 0.2) is 59.7 Å². The predicted octanol–water partition coefficient (Wildman–Crippen LogP) is 4.89. The molecule has 29 heavy (non-hydrogen) atoms. The number of carboxylic acids is 1. The van der Waals surface area contributed by atoms with Crippen molar-refractivity contribution < 1.29 is 14.7 Å². The van der Waals surface area contributed by atoms with Crippen molar-refractivity contribution in [1.29, 1.82) is 5.26 Å².